The van der Waals surface area contributed by atoms with E-state index in [9.17, 15) is 9.59 Å². The first-order valence-corrected chi connectivity index (χ1v) is 9.10. The van der Waals surface area contributed by atoms with Crippen molar-refractivity contribution in [2.24, 2.45) is 0 Å². The zero-order chi connectivity index (χ0) is 19.2. The summed E-state index contributed by atoms with van der Waals surface area (Å²) in [6.07, 6.45) is 1.36. The Morgan fingerprint density at radius 1 is 1.22 bits per heavy atom. The summed E-state index contributed by atoms with van der Waals surface area (Å²) in [4.78, 5) is 24.3. The molecular formula is C19H25NO7. The Bertz CT molecular complexity index is 685. The van der Waals surface area contributed by atoms with Crippen molar-refractivity contribution < 1.29 is 33.3 Å². The minimum Gasteiger partial charge on any atom is -0.486 e. The van der Waals surface area contributed by atoms with Gasteiger partial charge >= 0.3 is 5.97 Å². The molecule has 1 fully saturated rings. The molecule has 0 radical (unpaired) electrons. The highest BCUT2D eigenvalue weighted by Crippen LogP contribution is 2.36. The molecule has 1 amide bonds. The lowest BCUT2D eigenvalue weighted by atomic mass is 10.1. The Kier molecular flexibility index (Phi) is 6.52. The molecule has 8 heteroatoms. The molecule has 0 aromatic heterocycles. The number of carbonyl (C=O) groups excluding carboxylic acids is 2. The lowest BCUT2D eigenvalue weighted by Gasteiger charge is -2.22. The summed E-state index contributed by atoms with van der Waals surface area (Å²) < 4.78 is 27.0. The van der Waals surface area contributed by atoms with E-state index in [1.807, 2.05) is 0 Å². The van der Waals surface area contributed by atoms with Gasteiger partial charge in [-0.1, -0.05) is 0 Å². The summed E-state index contributed by atoms with van der Waals surface area (Å²) in [7, 11) is 1.32. The van der Waals surface area contributed by atoms with E-state index in [1.54, 1.807) is 19.1 Å². The van der Waals surface area contributed by atoms with Crippen molar-refractivity contribution in [3.63, 3.8) is 0 Å². The Morgan fingerprint density at radius 3 is 2.63 bits per heavy atom. The van der Waals surface area contributed by atoms with Gasteiger partial charge in [0.15, 0.2) is 11.5 Å². The van der Waals surface area contributed by atoms with E-state index in [2.05, 4.69) is 5.32 Å². The maximum atomic E-state index is 12.5. The van der Waals surface area contributed by atoms with E-state index in [0.717, 1.165) is 19.4 Å². The molecule has 148 valence electrons. The number of hydrogen-bond donors (Lipinski definition) is 1. The van der Waals surface area contributed by atoms with Crippen LogP contribution >= 0.6 is 0 Å². The van der Waals surface area contributed by atoms with E-state index in [-0.39, 0.29) is 18.4 Å². The smallest absolute Gasteiger partial charge is 0.310 e. The fourth-order valence-corrected chi connectivity index (χ4v) is 2.96. The molecule has 27 heavy (non-hydrogen) atoms. The molecule has 2 aliphatic rings. The van der Waals surface area contributed by atoms with Crippen LogP contribution in [-0.2, 0) is 30.2 Å². The normalized spacial score (nSPS) is 19.4. The number of fused-ring (bicyclic) bond motifs is 1. The van der Waals surface area contributed by atoms with Crippen LogP contribution < -0.4 is 14.8 Å². The highest BCUT2D eigenvalue weighted by atomic mass is 16.6. The largest absolute Gasteiger partial charge is 0.486 e. The van der Waals surface area contributed by atoms with Crippen molar-refractivity contribution in [2.45, 2.75) is 38.4 Å². The van der Waals surface area contributed by atoms with Crippen molar-refractivity contribution >= 4 is 17.6 Å². The first-order valence-electron chi connectivity index (χ1n) is 9.10. The Morgan fingerprint density at radius 2 is 1.96 bits per heavy atom. The molecule has 2 heterocycles. The predicted molar refractivity (Wildman–Crippen MR) is 96.2 cm³/mol. The zero-order valence-corrected chi connectivity index (χ0v) is 15.6. The average Bonchev–Trinajstić information content (AvgIpc) is 3.19. The van der Waals surface area contributed by atoms with Gasteiger partial charge in [-0.3, -0.25) is 9.59 Å². The predicted octanol–water partition coefficient (Wildman–Crippen LogP) is 1.70. The number of nitrogens with one attached hydrogen (secondary N) is 1. The van der Waals surface area contributed by atoms with Gasteiger partial charge in [0.1, 0.15) is 19.3 Å². The molecule has 0 saturated carbocycles. The molecule has 2 atom stereocenters. The van der Waals surface area contributed by atoms with Crippen LogP contribution in [0.2, 0.25) is 0 Å². The van der Waals surface area contributed by atoms with Gasteiger partial charge in [0.05, 0.1) is 26.2 Å². The topological polar surface area (TPSA) is 92.3 Å². The third-order valence-corrected chi connectivity index (χ3v) is 4.51. The number of ether oxygens (including phenoxy) is 5. The van der Waals surface area contributed by atoms with E-state index in [1.165, 1.54) is 7.11 Å². The van der Waals surface area contributed by atoms with Gasteiger partial charge in [0.25, 0.3) is 5.91 Å². The number of benzene rings is 1. The number of amides is 1. The molecule has 3 rings (SSSR count). The lowest BCUT2D eigenvalue weighted by Crippen LogP contribution is -2.31. The van der Waals surface area contributed by atoms with E-state index < -0.39 is 12.1 Å². The minimum absolute atomic E-state index is 0.00784. The van der Waals surface area contributed by atoms with Gasteiger partial charge in [0, 0.05) is 18.4 Å². The first kappa shape index (κ1) is 19.4. The third kappa shape index (κ3) is 5.11. The van der Waals surface area contributed by atoms with Gasteiger partial charge in [-0.2, -0.15) is 0 Å². The van der Waals surface area contributed by atoms with Gasteiger partial charge in [-0.05, 0) is 31.4 Å². The molecule has 0 bridgehead atoms. The molecule has 0 unspecified atom stereocenters. The highest BCUT2D eigenvalue weighted by molar-refractivity contribution is 5.95. The Labute approximate surface area is 158 Å². The van der Waals surface area contributed by atoms with Crippen LogP contribution in [-0.4, -0.2) is 57.6 Å². The van der Waals surface area contributed by atoms with Gasteiger partial charge in [0.2, 0.25) is 0 Å². The summed E-state index contributed by atoms with van der Waals surface area (Å²) in [5.41, 5.74) is 1.06. The van der Waals surface area contributed by atoms with Crippen LogP contribution in [0.1, 0.15) is 25.3 Å². The van der Waals surface area contributed by atoms with E-state index >= 15 is 0 Å². The fraction of sp³-hybridized carbons (Fsp3) is 0.579. The summed E-state index contributed by atoms with van der Waals surface area (Å²) in [5.74, 6) is 0.347. The average molecular weight is 379 g/mol. The van der Waals surface area contributed by atoms with E-state index in [0.29, 0.717) is 42.6 Å². The van der Waals surface area contributed by atoms with Crippen molar-refractivity contribution in [3.8, 4) is 11.5 Å². The van der Waals surface area contributed by atoms with E-state index in [4.69, 9.17) is 23.7 Å². The quantitative estimate of drug-likeness (QED) is 0.721. The number of esters is 1. The molecule has 1 aromatic rings. The molecule has 1 aromatic carbocycles. The first-order chi connectivity index (χ1) is 13.1. The highest BCUT2D eigenvalue weighted by Gasteiger charge is 2.23. The Balaban J connectivity index is 1.69. The standard InChI is InChI=1S/C19H25NO7/c1-12(27-11-14-4-3-5-24-14)19(22)20-15-10-17-16(25-6-7-26-17)8-13(15)9-18(21)23-2/h8,10,12,14H,3-7,9,11H2,1-2H3,(H,20,22)/t12-,14-/m1/s1. The van der Waals surface area contributed by atoms with Crippen LogP contribution in [0, 0.1) is 0 Å². The van der Waals surface area contributed by atoms with Gasteiger partial charge in [-0.25, -0.2) is 0 Å². The molecule has 0 spiro atoms. The van der Waals surface area contributed by atoms with Gasteiger partial charge in [-0.15, -0.1) is 0 Å². The molecular weight excluding hydrogens is 354 g/mol. The molecule has 1 N–H and O–H groups in total. The molecule has 1 saturated heterocycles. The van der Waals surface area contributed by atoms with Crippen LogP contribution in [0.15, 0.2) is 12.1 Å². The number of anilines is 1. The van der Waals surface area contributed by atoms with Crippen LogP contribution in [0.3, 0.4) is 0 Å². The zero-order valence-electron chi connectivity index (χ0n) is 15.6. The third-order valence-electron chi connectivity index (χ3n) is 4.51. The van der Waals surface area contributed by atoms with Crippen molar-refractivity contribution in [3.05, 3.63) is 17.7 Å². The lowest BCUT2D eigenvalue weighted by molar-refractivity contribution is -0.139. The SMILES string of the molecule is COC(=O)Cc1cc2c(cc1NC(=O)[C@@H](C)OC[C@H]1CCCO1)OCCO2. The maximum absolute atomic E-state index is 12.5. The van der Waals surface area contributed by atoms with Crippen molar-refractivity contribution in [1.29, 1.82) is 0 Å². The number of rotatable bonds is 7. The summed E-state index contributed by atoms with van der Waals surface area (Å²) in [5, 5.41) is 2.82. The molecule has 2 aliphatic heterocycles. The second-order valence-corrected chi connectivity index (χ2v) is 6.51. The van der Waals surface area contributed by atoms with Crippen LogP contribution in [0.25, 0.3) is 0 Å². The second kappa shape index (κ2) is 9.05. The number of carbonyl (C=O) groups is 2. The molecule has 0 aliphatic carbocycles. The Hall–Kier alpha value is -2.32. The summed E-state index contributed by atoms with van der Waals surface area (Å²) in [6, 6.07) is 3.36. The fourth-order valence-electron chi connectivity index (χ4n) is 2.96. The van der Waals surface area contributed by atoms with Crippen LogP contribution in [0.5, 0.6) is 11.5 Å². The monoisotopic (exact) mass is 379 g/mol. The summed E-state index contributed by atoms with van der Waals surface area (Å²) >= 11 is 0. The molecule has 8 nitrogen and oxygen atoms in total. The minimum atomic E-state index is -0.659. The number of methoxy groups -OCH3 is 1. The second-order valence-electron chi connectivity index (χ2n) is 6.51. The summed E-state index contributed by atoms with van der Waals surface area (Å²) in [6.45, 7) is 3.66. The van der Waals surface area contributed by atoms with Crippen molar-refractivity contribution in [1.82, 2.24) is 0 Å². The van der Waals surface area contributed by atoms with Crippen LogP contribution in [0.4, 0.5) is 5.69 Å². The maximum Gasteiger partial charge on any atom is 0.310 e. The van der Waals surface area contributed by atoms with Crippen molar-refractivity contribution in [2.75, 3.05) is 38.9 Å². The number of hydrogen-bond acceptors (Lipinski definition) is 7. The van der Waals surface area contributed by atoms with Gasteiger partial charge < -0.3 is 29.0 Å².